The van der Waals surface area contributed by atoms with Gasteiger partial charge in [0.05, 0.1) is 12.2 Å². The second-order valence-corrected chi connectivity index (χ2v) is 5.43. The zero-order valence-electron chi connectivity index (χ0n) is 10.3. The molecule has 0 aromatic carbocycles. The summed E-state index contributed by atoms with van der Waals surface area (Å²) in [6.07, 6.45) is 2.26. The zero-order valence-corrected chi connectivity index (χ0v) is 10.3. The number of aliphatic hydroxyl groups excluding tert-OH is 1. The van der Waals surface area contributed by atoms with Crippen LogP contribution in [0.3, 0.4) is 0 Å². The standard InChI is InChI=1S/C12H25NO2/c1-12(2,3)15-9-8-13-6-4-11(10-14)5-7-13/h11,14H,4-10H2,1-3H3. The maximum Gasteiger partial charge on any atom is 0.0600 e. The van der Waals surface area contributed by atoms with E-state index in [0.29, 0.717) is 12.5 Å². The van der Waals surface area contributed by atoms with E-state index in [0.717, 1.165) is 39.1 Å². The quantitative estimate of drug-likeness (QED) is 0.771. The molecule has 0 atom stereocenters. The van der Waals surface area contributed by atoms with Gasteiger partial charge in [-0.3, -0.25) is 0 Å². The molecule has 0 spiro atoms. The lowest BCUT2D eigenvalue weighted by Gasteiger charge is -2.31. The van der Waals surface area contributed by atoms with Gasteiger partial charge in [0.1, 0.15) is 0 Å². The SMILES string of the molecule is CC(C)(C)OCCN1CCC(CO)CC1. The molecule has 1 fully saturated rings. The first-order valence-corrected chi connectivity index (χ1v) is 5.98. The van der Waals surface area contributed by atoms with Crippen LogP contribution in [0.1, 0.15) is 33.6 Å². The summed E-state index contributed by atoms with van der Waals surface area (Å²) in [6, 6.07) is 0. The number of nitrogens with zero attached hydrogens (tertiary/aromatic N) is 1. The van der Waals surface area contributed by atoms with Crippen LogP contribution in [0.5, 0.6) is 0 Å². The van der Waals surface area contributed by atoms with Crippen LogP contribution in [0.25, 0.3) is 0 Å². The predicted molar refractivity (Wildman–Crippen MR) is 62.0 cm³/mol. The Morgan fingerprint density at radius 3 is 2.33 bits per heavy atom. The van der Waals surface area contributed by atoms with Crippen molar-refractivity contribution in [3.05, 3.63) is 0 Å². The van der Waals surface area contributed by atoms with E-state index >= 15 is 0 Å². The first kappa shape index (κ1) is 12.9. The molecular formula is C12H25NO2. The van der Waals surface area contributed by atoms with Gasteiger partial charge in [-0.05, 0) is 52.6 Å². The van der Waals surface area contributed by atoms with Crippen molar-refractivity contribution in [1.29, 1.82) is 0 Å². The monoisotopic (exact) mass is 215 g/mol. The Balaban J connectivity index is 2.09. The van der Waals surface area contributed by atoms with Crippen molar-refractivity contribution >= 4 is 0 Å². The van der Waals surface area contributed by atoms with Crippen LogP contribution in [0, 0.1) is 5.92 Å². The molecule has 1 aliphatic heterocycles. The van der Waals surface area contributed by atoms with Gasteiger partial charge < -0.3 is 14.7 Å². The van der Waals surface area contributed by atoms with E-state index in [4.69, 9.17) is 9.84 Å². The van der Waals surface area contributed by atoms with Crippen molar-refractivity contribution in [3.63, 3.8) is 0 Å². The van der Waals surface area contributed by atoms with Gasteiger partial charge in [0, 0.05) is 13.2 Å². The lowest BCUT2D eigenvalue weighted by atomic mass is 9.98. The fraction of sp³-hybridized carbons (Fsp3) is 1.00. The Morgan fingerprint density at radius 1 is 1.27 bits per heavy atom. The Labute approximate surface area is 93.4 Å². The maximum atomic E-state index is 9.02. The third kappa shape index (κ3) is 5.50. The minimum atomic E-state index is -0.0244. The summed E-state index contributed by atoms with van der Waals surface area (Å²) in [5.41, 5.74) is -0.0244. The molecule has 1 rings (SSSR count). The second-order valence-electron chi connectivity index (χ2n) is 5.43. The highest BCUT2D eigenvalue weighted by Gasteiger charge is 2.18. The number of rotatable bonds is 4. The normalized spacial score (nSPS) is 20.8. The van der Waals surface area contributed by atoms with Gasteiger partial charge in [-0.15, -0.1) is 0 Å². The number of piperidine rings is 1. The number of ether oxygens (including phenoxy) is 1. The molecule has 0 aromatic heterocycles. The molecule has 0 bridgehead atoms. The van der Waals surface area contributed by atoms with Gasteiger partial charge >= 0.3 is 0 Å². The van der Waals surface area contributed by atoms with E-state index in [1.807, 2.05) is 0 Å². The van der Waals surface area contributed by atoms with E-state index in [9.17, 15) is 0 Å². The van der Waals surface area contributed by atoms with E-state index in [2.05, 4.69) is 25.7 Å². The predicted octanol–water partition coefficient (Wildman–Crippen LogP) is 1.51. The van der Waals surface area contributed by atoms with Gasteiger partial charge in [-0.2, -0.15) is 0 Å². The fourth-order valence-corrected chi connectivity index (χ4v) is 1.87. The molecule has 90 valence electrons. The molecule has 0 aromatic rings. The molecule has 0 aliphatic carbocycles. The molecule has 1 saturated heterocycles. The van der Waals surface area contributed by atoms with Crippen LogP contribution in [0.4, 0.5) is 0 Å². The van der Waals surface area contributed by atoms with Crippen molar-refractivity contribution in [1.82, 2.24) is 4.90 Å². The number of hydrogen-bond acceptors (Lipinski definition) is 3. The molecule has 15 heavy (non-hydrogen) atoms. The summed E-state index contributed by atoms with van der Waals surface area (Å²) in [4.78, 5) is 2.43. The van der Waals surface area contributed by atoms with Gasteiger partial charge in [0.15, 0.2) is 0 Å². The molecule has 3 nitrogen and oxygen atoms in total. The van der Waals surface area contributed by atoms with Gasteiger partial charge in [0.25, 0.3) is 0 Å². The molecule has 3 heteroatoms. The summed E-state index contributed by atoms with van der Waals surface area (Å²) in [5, 5.41) is 9.02. The zero-order chi connectivity index (χ0) is 11.3. The van der Waals surface area contributed by atoms with Gasteiger partial charge in [-0.25, -0.2) is 0 Å². The topological polar surface area (TPSA) is 32.7 Å². The summed E-state index contributed by atoms with van der Waals surface area (Å²) >= 11 is 0. The summed E-state index contributed by atoms with van der Waals surface area (Å²) in [5.74, 6) is 0.532. The third-order valence-electron chi connectivity index (χ3n) is 2.91. The van der Waals surface area contributed by atoms with Crippen molar-refractivity contribution in [2.24, 2.45) is 5.92 Å². The highest BCUT2D eigenvalue weighted by Crippen LogP contribution is 2.16. The average Bonchev–Trinajstić information content (AvgIpc) is 2.17. The Morgan fingerprint density at radius 2 is 1.87 bits per heavy atom. The minimum Gasteiger partial charge on any atom is -0.396 e. The largest absolute Gasteiger partial charge is 0.396 e. The summed E-state index contributed by atoms with van der Waals surface area (Å²) in [7, 11) is 0. The smallest absolute Gasteiger partial charge is 0.0600 e. The fourth-order valence-electron chi connectivity index (χ4n) is 1.87. The van der Waals surface area contributed by atoms with Crippen molar-refractivity contribution in [2.75, 3.05) is 32.8 Å². The first-order valence-electron chi connectivity index (χ1n) is 5.98. The minimum absolute atomic E-state index is 0.0244. The van der Waals surface area contributed by atoms with E-state index in [1.54, 1.807) is 0 Å². The van der Waals surface area contributed by atoms with Crippen molar-refractivity contribution in [3.8, 4) is 0 Å². The van der Waals surface area contributed by atoms with Gasteiger partial charge in [-0.1, -0.05) is 0 Å². The molecule has 1 heterocycles. The Kier molecular flexibility index (Phi) is 5.03. The number of aliphatic hydroxyl groups is 1. The van der Waals surface area contributed by atoms with Crippen molar-refractivity contribution < 1.29 is 9.84 Å². The molecule has 0 radical (unpaired) electrons. The Hall–Kier alpha value is -0.120. The van der Waals surface area contributed by atoms with Crippen LogP contribution in [0.2, 0.25) is 0 Å². The maximum absolute atomic E-state index is 9.02. The molecular weight excluding hydrogens is 190 g/mol. The number of likely N-dealkylation sites (tertiary alicyclic amines) is 1. The van der Waals surface area contributed by atoms with E-state index in [-0.39, 0.29) is 5.60 Å². The second kappa shape index (κ2) is 5.83. The number of hydrogen-bond donors (Lipinski definition) is 1. The Bertz CT molecular complexity index is 169. The molecule has 1 N–H and O–H groups in total. The van der Waals surface area contributed by atoms with E-state index < -0.39 is 0 Å². The van der Waals surface area contributed by atoms with E-state index in [1.165, 1.54) is 0 Å². The van der Waals surface area contributed by atoms with Crippen LogP contribution in [-0.4, -0.2) is 48.5 Å². The van der Waals surface area contributed by atoms with Gasteiger partial charge in [0.2, 0.25) is 0 Å². The van der Waals surface area contributed by atoms with Crippen LogP contribution in [-0.2, 0) is 4.74 Å². The van der Waals surface area contributed by atoms with Crippen molar-refractivity contribution in [2.45, 2.75) is 39.2 Å². The van der Waals surface area contributed by atoms with Crippen LogP contribution >= 0.6 is 0 Å². The summed E-state index contributed by atoms with van der Waals surface area (Å²) in [6.45, 7) is 10.7. The molecule has 0 amide bonds. The molecule has 0 saturated carbocycles. The lowest BCUT2D eigenvalue weighted by molar-refractivity contribution is -0.0170. The van der Waals surface area contributed by atoms with Crippen LogP contribution in [0.15, 0.2) is 0 Å². The van der Waals surface area contributed by atoms with Crippen LogP contribution < -0.4 is 0 Å². The molecule has 0 unspecified atom stereocenters. The lowest BCUT2D eigenvalue weighted by Crippen LogP contribution is -2.38. The first-order chi connectivity index (χ1) is 7.01. The highest BCUT2D eigenvalue weighted by molar-refractivity contribution is 4.71. The third-order valence-corrected chi connectivity index (χ3v) is 2.91. The average molecular weight is 215 g/mol. The molecule has 1 aliphatic rings. The highest BCUT2D eigenvalue weighted by atomic mass is 16.5. The summed E-state index contributed by atoms with van der Waals surface area (Å²) < 4.78 is 5.69.